The van der Waals surface area contributed by atoms with Gasteiger partial charge >= 0.3 is 0 Å². The van der Waals surface area contributed by atoms with E-state index in [9.17, 15) is 0 Å². The first kappa shape index (κ1) is 26.9. The van der Waals surface area contributed by atoms with Crippen LogP contribution >= 0.6 is 0 Å². The first-order valence-corrected chi connectivity index (χ1v) is 16.3. The number of benzene rings is 9. The Kier molecular flexibility index (Phi) is 5.82. The molecule has 0 radical (unpaired) electrons. The molecule has 2 heteroatoms. The molecule has 9 aromatic carbocycles. The highest BCUT2D eigenvalue weighted by Gasteiger charge is 2.21. The Morgan fingerprint density at radius 1 is 0.333 bits per heavy atom. The van der Waals surface area contributed by atoms with E-state index in [4.69, 9.17) is 4.42 Å². The number of furan rings is 1. The molecule has 0 saturated carbocycles. The van der Waals surface area contributed by atoms with Gasteiger partial charge in [0, 0.05) is 21.5 Å². The van der Waals surface area contributed by atoms with Crippen molar-refractivity contribution in [2.75, 3.05) is 0 Å². The van der Waals surface area contributed by atoms with Crippen LogP contribution in [0.3, 0.4) is 0 Å². The van der Waals surface area contributed by atoms with E-state index in [1.54, 1.807) is 0 Å². The third-order valence-electron chi connectivity index (χ3n) is 9.91. The minimum absolute atomic E-state index is 0.181. The lowest BCUT2D eigenvalue weighted by molar-refractivity contribution is 0.651. The molecule has 0 fully saturated rings. The molecular formula is C46H27FO. The third-order valence-corrected chi connectivity index (χ3v) is 9.91. The standard InChI is InChI=1S/C46H27FO/c47-46-36-21-10-8-19-34(36)43(35-20-9-11-22-37(35)46)29-25-26-40-39(27-29)45-38(23-12-24-41(45)48-40)44-32-17-6-4-15-30(32)42(28-13-2-1-3-14-28)31-16-5-7-18-33(31)44/h1-27H. The fourth-order valence-corrected chi connectivity index (χ4v) is 7.91. The second-order valence-corrected chi connectivity index (χ2v) is 12.5. The van der Waals surface area contributed by atoms with E-state index in [0.717, 1.165) is 49.4 Å². The molecule has 0 aliphatic carbocycles. The normalized spacial score (nSPS) is 11.9. The van der Waals surface area contributed by atoms with Gasteiger partial charge in [-0.1, -0.05) is 146 Å². The quantitative estimate of drug-likeness (QED) is 0.181. The number of hydrogen-bond donors (Lipinski definition) is 0. The van der Waals surface area contributed by atoms with E-state index >= 15 is 4.39 Å². The largest absolute Gasteiger partial charge is 0.456 e. The summed E-state index contributed by atoms with van der Waals surface area (Å²) in [7, 11) is 0. The minimum Gasteiger partial charge on any atom is -0.456 e. The average Bonchev–Trinajstić information content (AvgIpc) is 3.53. The number of fused-ring (bicyclic) bond motifs is 7. The summed E-state index contributed by atoms with van der Waals surface area (Å²) in [6.07, 6.45) is 0. The Bertz CT molecular complexity index is 2780. The first-order valence-electron chi connectivity index (χ1n) is 16.3. The Morgan fingerprint density at radius 3 is 1.40 bits per heavy atom. The van der Waals surface area contributed by atoms with E-state index in [2.05, 4.69) is 115 Å². The summed E-state index contributed by atoms with van der Waals surface area (Å²) in [6.45, 7) is 0. The highest BCUT2D eigenvalue weighted by atomic mass is 19.1. The fourth-order valence-electron chi connectivity index (χ4n) is 7.91. The molecule has 0 N–H and O–H groups in total. The summed E-state index contributed by atoms with van der Waals surface area (Å²) < 4.78 is 22.3. The van der Waals surface area contributed by atoms with Crippen LogP contribution in [0.1, 0.15) is 0 Å². The van der Waals surface area contributed by atoms with Gasteiger partial charge in [-0.25, -0.2) is 4.39 Å². The highest BCUT2D eigenvalue weighted by Crippen LogP contribution is 2.48. The van der Waals surface area contributed by atoms with Gasteiger partial charge in [0.15, 0.2) is 0 Å². The minimum atomic E-state index is -0.181. The lowest BCUT2D eigenvalue weighted by Crippen LogP contribution is -1.91. The average molecular weight is 615 g/mol. The maximum absolute atomic E-state index is 15.8. The van der Waals surface area contributed by atoms with E-state index in [-0.39, 0.29) is 5.82 Å². The molecule has 0 aliphatic rings. The van der Waals surface area contributed by atoms with Gasteiger partial charge in [-0.2, -0.15) is 0 Å². The number of hydrogen-bond acceptors (Lipinski definition) is 1. The van der Waals surface area contributed by atoms with Crippen LogP contribution in [0.15, 0.2) is 168 Å². The van der Waals surface area contributed by atoms with Crippen LogP contribution in [0, 0.1) is 5.82 Å². The van der Waals surface area contributed by atoms with Crippen molar-refractivity contribution in [2.45, 2.75) is 0 Å². The topological polar surface area (TPSA) is 13.1 Å². The van der Waals surface area contributed by atoms with Crippen LogP contribution < -0.4 is 0 Å². The molecule has 0 saturated heterocycles. The zero-order valence-electron chi connectivity index (χ0n) is 25.9. The SMILES string of the molecule is Fc1c2ccccc2c(-c2ccc3oc4cccc(-c5c6ccccc6c(-c6ccccc6)c6ccccc56)c4c3c2)c2ccccc12. The first-order chi connectivity index (χ1) is 23.8. The molecule has 10 rings (SSSR count). The van der Waals surface area contributed by atoms with Crippen LogP contribution in [0.2, 0.25) is 0 Å². The van der Waals surface area contributed by atoms with Gasteiger partial charge in [-0.05, 0) is 83.9 Å². The molecule has 0 bridgehead atoms. The molecule has 224 valence electrons. The van der Waals surface area contributed by atoms with Gasteiger partial charge in [0.25, 0.3) is 0 Å². The molecule has 1 aromatic heterocycles. The maximum atomic E-state index is 15.8. The zero-order valence-corrected chi connectivity index (χ0v) is 25.9. The molecule has 0 unspecified atom stereocenters. The summed E-state index contributed by atoms with van der Waals surface area (Å²) in [4.78, 5) is 0. The van der Waals surface area contributed by atoms with Crippen LogP contribution in [-0.4, -0.2) is 0 Å². The summed E-state index contributed by atoms with van der Waals surface area (Å²) in [5.74, 6) is -0.181. The monoisotopic (exact) mass is 614 g/mol. The molecule has 10 aromatic rings. The van der Waals surface area contributed by atoms with E-state index in [1.807, 2.05) is 48.5 Å². The molecule has 0 aliphatic heterocycles. The maximum Gasteiger partial charge on any atom is 0.138 e. The van der Waals surface area contributed by atoms with Crippen LogP contribution in [0.25, 0.3) is 98.4 Å². The Labute approximate surface area is 276 Å². The van der Waals surface area contributed by atoms with Crippen molar-refractivity contribution < 1.29 is 8.81 Å². The lowest BCUT2D eigenvalue weighted by atomic mass is 9.85. The number of halogens is 1. The van der Waals surface area contributed by atoms with Gasteiger partial charge < -0.3 is 4.42 Å². The van der Waals surface area contributed by atoms with Gasteiger partial charge in [0.05, 0.1) is 0 Å². The van der Waals surface area contributed by atoms with Crippen molar-refractivity contribution in [3.63, 3.8) is 0 Å². The molecule has 48 heavy (non-hydrogen) atoms. The smallest absolute Gasteiger partial charge is 0.138 e. The molecule has 1 heterocycles. The predicted octanol–water partition coefficient (Wildman–Crippen LogP) is 13.3. The fraction of sp³-hybridized carbons (Fsp3) is 0. The van der Waals surface area contributed by atoms with Crippen LogP contribution in [-0.2, 0) is 0 Å². The molecule has 1 nitrogen and oxygen atoms in total. The second-order valence-electron chi connectivity index (χ2n) is 12.5. The summed E-state index contributed by atoms with van der Waals surface area (Å²) in [5, 5.41) is 9.99. The van der Waals surface area contributed by atoms with Crippen molar-refractivity contribution in [3.8, 4) is 33.4 Å². The van der Waals surface area contributed by atoms with Crippen molar-refractivity contribution in [1.82, 2.24) is 0 Å². The summed E-state index contributed by atoms with van der Waals surface area (Å²) >= 11 is 0. The van der Waals surface area contributed by atoms with Crippen LogP contribution in [0.4, 0.5) is 4.39 Å². The highest BCUT2D eigenvalue weighted by molar-refractivity contribution is 6.26. The summed E-state index contributed by atoms with van der Waals surface area (Å²) in [5.41, 5.74) is 8.49. The lowest BCUT2D eigenvalue weighted by Gasteiger charge is -2.18. The van der Waals surface area contributed by atoms with Gasteiger partial charge in [-0.3, -0.25) is 0 Å². The van der Waals surface area contributed by atoms with Gasteiger partial charge in [-0.15, -0.1) is 0 Å². The van der Waals surface area contributed by atoms with Gasteiger partial charge in [0.1, 0.15) is 17.0 Å². The molecule has 0 spiro atoms. The number of rotatable bonds is 3. The Morgan fingerprint density at radius 2 is 0.812 bits per heavy atom. The van der Waals surface area contributed by atoms with E-state index < -0.39 is 0 Å². The van der Waals surface area contributed by atoms with E-state index in [0.29, 0.717) is 10.8 Å². The van der Waals surface area contributed by atoms with Crippen molar-refractivity contribution >= 4 is 65.0 Å². The Hall–Kier alpha value is -6.25. The predicted molar refractivity (Wildman–Crippen MR) is 200 cm³/mol. The van der Waals surface area contributed by atoms with Gasteiger partial charge in [0.2, 0.25) is 0 Å². The molecule has 0 atom stereocenters. The van der Waals surface area contributed by atoms with Crippen molar-refractivity contribution in [3.05, 3.63) is 170 Å². The zero-order chi connectivity index (χ0) is 31.8. The Balaban J connectivity index is 1.32. The molecule has 0 amide bonds. The van der Waals surface area contributed by atoms with Crippen molar-refractivity contribution in [2.24, 2.45) is 0 Å². The molecular weight excluding hydrogens is 588 g/mol. The second kappa shape index (κ2) is 10.4. The van der Waals surface area contributed by atoms with E-state index in [1.165, 1.54) is 38.2 Å². The van der Waals surface area contributed by atoms with Crippen molar-refractivity contribution in [1.29, 1.82) is 0 Å². The van der Waals surface area contributed by atoms with Crippen LogP contribution in [0.5, 0.6) is 0 Å². The third kappa shape index (κ3) is 3.84. The summed E-state index contributed by atoms with van der Waals surface area (Å²) in [6, 6.07) is 56.5.